The molecule has 1 aromatic rings. The van der Waals surface area contributed by atoms with Crippen molar-refractivity contribution in [2.45, 2.75) is 73.1 Å². The summed E-state index contributed by atoms with van der Waals surface area (Å²) in [5.41, 5.74) is 3.75. The second-order valence-corrected chi connectivity index (χ2v) is 15.6. The predicted octanol–water partition coefficient (Wildman–Crippen LogP) is 6.02. The van der Waals surface area contributed by atoms with Crippen molar-refractivity contribution in [3.05, 3.63) is 39.9 Å². The summed E-state index contributed by atoms with van der Waals surface area (Å²) in [4.78, 5) is 26.1. The van der Waals surface area contributed by atoms with Crippen molar-refractivity contribution in [2.24, 2.45) is 11.8 Å². The fourth-order valence-corrected chi connectivity index (χ4v) is 13.9. The Labute approximate surface area is 199 Å². The van der Waals surface area contributed by atoms with E-state index in [0.717, 1.165) is 12.3 Å². The first-order chi connectivity index (χ1) is 15.3. The molecule has 5 nitrogen and oxygen atoms in total. The molecule has 2 atom stereocenters. The molecule has 0 N–H and O–H groups in total. The maximum absolute atomic E-state index is 13.4. The molecule has 6 heteroatoms. The number of carbonyl (C=O) groups is 2. The van der Waals surface area contributed by atoms with Crippen LogP contribution in [0.5, 0.6) is 0 Å². The van der Waals surface area contributed by atoms with Gasteiger partial charge < -0.3 is 0 Å². The van der Waals surface area contributed by atoms with Crippen molar-refractivity contribution < 1.29 is 23.6 Å². The monoisotopic (exact) mass is 476 g/mol. The van der Waals surface area contributed by atoms with Gasteiger partial charge in [0.15, 0.2) is 0 Å². The van der Waals surface area contributed by atoms with Crippen LogP contribution in [0.25, 0.3) is 0 Å². The molecule has 1 spiro atoms. The zero-order valence-corrected chi connectivity index (χ0v) is 22.8. The van der Waals surface area contributed by atoms with Crippen LogP contribution in [0.1, 0.15) is 89.8 Å². The molecule has 1 aromatic carbocycles. The number of carbonyl (C=O) groups excluding carboxylic acids is 2. The molecule has 2 aliphatic heterocycles. The Bertz CT molecular complexity index is 965. The predicted molar refractivity (Wildman–Crippen MR) is 135 cm³/mol. The molecule has 2 aliphatic rings. The molecule has 3 rings (SSSR count). The van der Waals surface area contributed by atoms with E-state index in [2.05, 4.69) is 67.5 Å². The third-order valence-corrected chi connectivity index (χ3v) is 14.0. The number of benzene rings is 1. The molecule has 2 heterocycles. The molecule has 1 saturated heterocycles. The zero-order chi connectivity index (χ0) is 24.9. The standard InChI is InChI=1S/C27H41O5P/c1-15(2)20-11-21(16(3)4)24(22(12-20)17(5)6)33(13-18(7)19(8)14-33)25(27(29)31-10)23(32-33)26(28)30-9/h11-12,15-19H,13-14H2,1-10H3/t18-,19-/m1/s1. The summed E-state index contributed by atoms with van der Waals surface area (Å²) in [6.07, 6.45) is 1.50. The number of hydrogen-bond acceptors (Lipinski definition) is 5. The van der Waals surface area contributed by atoms with Gasteiger partial charge in [0.1, 0.15) is 0 Å². The summed E-state index contributed by atoms with van der Waals surface area (Å²) in [6, 6.07) is 4.61. The molecule has 1 fully saturated rings. The van der Waals surface area contributed by atoms with Crippen LogP contribution in [-0.2, 0) is 23.6 Å². The Kier molecular flexibility index (Phi) is 6.81. The normalized spacial score (nSPS) is 24.5. The minimum atomic E-state index is -3.47. The van der Waals surface area contributed by atoms with Crippen LogP contribution in [0.15, 0.2) is 23.2 Å². The molecule has 0 unspecified atom stereocenters. The van der Waals surface area contributed by atoms with Gasteiger partial charge in [-0.15, -0.1) is 0 Å². The molecule has 33 heavy (non-hydrogen) atoms. The van der Waals surface area contributed by atoms with Gasteiger partial charge in [0, 0.05) is 0 Å². The Hall–Kier alpha value is -1.87. The average Bonchev–Trinajstić information content (AvgIpc) is 3.03. The van der Waals surface area contributed by atoms with Gasteiger partial charge in [-0.2, -0.15) is 0 Å². The van der Waals surface area contributed by atoms with E-state index >= 15 is 0 Å². The molecule has 184 valence electrons. The van der Waals surface area contributed by atoms with Crippen LogP contribution in [0.2, 0.25) is 0 Å². The Morgan fingerprint density at radius 1 is 0.848 bits per heavy atom. The van der Waals surface area contributed by atoms with E-state index in [1.807, 2.05) is 0 Å². The van der Waals surface area contributed by atoms with Gasteiger partial charge in [-0.05, 0) is 0 Å². The Morgan fingerprint density at radius 3 is 1.67 bits per heavy atom. The number of rotatable bonds is 6. The third-order valence-electron chi connectivity index (χ3n) is 7.74. The van der Waals surface area contributed by atoms with Crippen LogP contribution >= 0.6 is 6.83 Å². The van der Waals surface area contributed by atoms with Crippen molar-refractivity contribution in [3.8, 4) is 0 Å². The van der Waals surface area contributed by atoms with Crippen molar-refractivity contribution in [2.75, 3.05) is 26.5 Å². The van der Waals surface area contributed by atoms with Gasteiger partial charge >= 0.3 is 199 Å². The molecule has 0 aliphatic carbocycles. The van der Waals surface area contributed by atoms with E-state index < -0.39 is 18.8 Å². The summed E-state index contributed by atoms with van der Waals surface area (Å²) in [7, 11) is 2.70. The second-order valence-electron chi connectivity index (χ2n) is 11.0. The summed E-state index contributed by atoms with van der Waals surface area (Å²) in [5, 5.41) is 1.63. The summed E-state index contributed by atoms with van der Waals surface area (Å²) < 4.78 is 17.1. The SMILES string of the molecule is COC(=O)C1=C(C(=O)OC)P2(c3c(C(C)C)cc(C(C)C)cc3C(C)C)(C[C@@H](C)[C@H](C)C2)O1. The van der Waals surface area contributed by atoms with Crippen LogP contribution in [0.4, 0.5) is 0 Å². The number of esters is 2. The second kappa shape index (κ2) is 8.73. The minimum absolute atomic E-state index is 0.0423. The quantitative estimate of drug-likeness (QED) is 0.371. The van der Waals surface area contributed by atoms with E-state index in [-0.39, 0.29) is 17.6 Å². The molecular formula is C27H41O5P. The summed E-state index contributed by atoms with van der Waals surface area (Å²) in [5.74, 6) is 0.547. The Balaban J connectivity index is 2.53. The van der Waals surface area contributed by atoms with Gasteiger partial charge in [0.2, 0.25) is 0 Å². The molecule has 0 bridgehead atoms. The van der Waals surface area contributed by atoms with Crippen LogP contribution in [-0.4, -0.2) is 38.5 Å². The topological polar surface area (TPSA) is 61.8 Å². The number of methoxy groups -OCH3 is 2. The Morgan fingerprint density at radius 2 is 1.30 bits per heavy atom. The molecular weight excluding hydrogens is 435 g/mol. The zero-order valence-electron chi connectivity index (χ0n) is 21.9. The van der Waals surface area contributed by atoms with Crippen molar-refractivity contribution in [1.29, 1.82) is 0 Å². The van der Waals surface area contributed by atoms with Gasteiger partial charge in [0.05, 0.1) is 0 Å². The average molecular weight is 477 g/mol. The number of hydrogen-bond donors (Lipinski definition) is 0. The van der Waals surface area contributed by atoms with Crippen molar-refractivity contribution in [1.82, 2.24) is 0 Å². The van der Waals surface area contributed by atoms with Crippen molar-refractivity contribution >= 4 is 24.1 Å². The first-order valence-electron chi connectivity index (χ1n) is 12.1. The van der Waals surface area contributed by atoms with Crippen LogP contribution < -0.4 is 5.30 Å². The summed E-state index contributed by atoms with van der Waals surface area (Å²) >= 11 is 0. The van der Waals surface area contributed by atoms with E-state index in [9.17, 15) is 9.59 Å². The molecule has 0 amide bonds. The molecule has 0 aromatic heterocycles. The number of ether oxygens (including phenoxy) is 2. The first-order valence-corrected chi connectivity index (χ1v) is 14.7. The molecule has 0 radical (unpaired) electrons. The van der Waals surface area contributed by atoms with Gasteiger partial charge in [-0.3, -0.25) is 0 Å². The third kappa shape index (κ3) is 3.71. The van der Waals surface area contributed by atoms with E-state index in [0.29, 0.717) is 23.1 Å². The van der Waals surface area contributed by atoms with Gasteiger partial charge in [0.25, 0.3) is 0 Å². The summed E-state index contributed by atoms with van der Waals surface area (Å²) in [6.45, 7) is 14.2. The fraction of sp³-hybridized carbons (Fsp3) is 0.630. The maximum atomic E-state index is 13.4. The van der Waals surface area contributed by atoms with E-state index in [4.69, 9.17) is 14.0 Å². The van der Waals surface area contributed by atoms with Crippen molar-refractivity contribution in [3.63, 3.8) is 0 Å². The van der Waals surface area contributed by atoms with E-state index in [1.54, 1.807) is 0 Å². The van der Waals surface area contributed by atoms with Crippen LogP contribution in [0.3, 0.4) is 0 Å². The molecule has 0 saturated carbocycles. The van der Waals surface area contributed by atoms with Gasteiger partial charge in [-0.1, -0.05) is 0 Å². The fourth-order valence-electron chi connectivity index (χ4n) is 5.90. The first kappa shape index (κ1) is 25.7. The van der Waals surface area contributed by atoms with Crippen LogP contribution in [0, 0.1) is 11.8 Å². The van der Waals surface area contributed by atoms with Gasteiger partial charge in [-0.25, -0.2) is 0 Å². The van der Waals surface area contributed by atoms with E-state index in [1.165, 1.54) is 36.2 Å².